The first kappa shape index (κ1) is 35.5. The molecule has 0 bridgehead atoms. The Morgan fingerprint density at radius 1 is 0.643 bits per heavy atom. The predicted octanol–water partition coefficient (Wildman–Crippen LogP) is 7.08. The van der Waals surface area contributed by atoms with E-state index in [-0.39, 0.29) is 11.3 Å². The van der Waals surface area contributed by atoms with Crippen molar-refractivity contribution >= 4 is 38.8 Å². The van der Waals surface area contributed by atoms with Crippen LogP contribution in [0.1, 0.15) is 59.1 Å². The van der Waals surface area contributed by atoms with Crippen LogP contribution in [0.3, 0.4) is 0 Å². The van der Waals surface area contributed by atoms with E-state index in [2.05, 4.69) is 48.8 Å². The van der Waals surface area contributed by atoms with Gasteiger partial charge in [-0.15, -0.1) is 0 Å². The molecule has 8 heterocycles. The van der Waals surface area contributed by atoms with Gasteiger partial charge in [-0.3, -0.25) is 9.97 Å². The number of nitrogens with one attached hydrogen (secondary N) is 2. The van der Waals surface area contributed by atoms with Gasteiger partial charge < -0.3 is 28.3 Å². The number of benzene rings is 2. The molecule has 12 heteroatoms. The molecule has 0 radical (unpaired) electrons. The monoisotopic (exact) mass is 746 g/mol. The lowest BCUT2D eigenvalue weighted by molar-refractivity contribution is 0.460. The van der Waals surface area contributed by atoms with Gasteiger partial charge in [0.2, 0.25) is 0 Å². The maximum Gasteiger partial charge on any atom is 0.345 e. The summed E-state index contributed by atoms with van der Waals surface area (Å²) in [5.74, 6) is 0.521. The molecule has 0 spiro atoms. The van der Waals surface area contributed by atoms with E-state index in [0.717, 1.165) is 95.8 Å². The Morgan fingerprint density at radius 3 is 1.79 bits per heavy atom. The molecule has 0 aliphatic carbocycles. The second-order valence-electron chi connectivity index (χ2n) is 14.8. The Labute approximate surface area is 322 Å². The summed E-state index contributed by atoms with van der Waals surface area (Å²) in [6, 6.07) is 16.0. The van der Waals surface area contributed by atoms with Gasteiger partial charge in [-0.25, -0.2) is 19.6 Å². The molecule has 56 heavy (non-hydrogen) atoms. The van der Waals surface area contributed by atoms with Crippen molar-refractivity contribution in [2.75, 3.05) is 26.2 Å². The predicted molar refractivity (Wildman–Crippen MR) is 218 cm³/mol. The molecule has 282 valence electrons. The molecule has 2 aromatic carbocycles. The van der Waals surface area contributed by atoms with Gasteiger partial charge in [0.1, 0.15) is 11.2 Å². The minimum absolute atomic E-state index is 0.360. The summed E-state index contributed by atoms with van der Waals surface area (Å²) in [5, 5.41) is 8.50. The zero-order valence-electron chi connectivity index (χ0n) is 31.8. The van der Waals surface area contributed by atoms with Crippen molar-refractivity contribution in [3.63, 3.8) is 0 Å². The summed E-state index contributed by atoms with van der Waals surface area (Å²) in [4.78, 5) is 43.5. The zero-order chi connectivity index (χ0) is 38.5. The molecular weight excluding hydrogens is 705 g/mol. The van der Waals surface area contributed by atoms with Crippen LogP contribution in [0.2, 0.25) is 0 Å². The fourth-order valence-electron chi connectivity index (χ4n) is 7.96. The Morgan fingerprint density at radius 2 is 1.21 bits per heavy atom. The molecule has 0 amide bonds. The average Bonchev–Trinajstić information content (AvgIpc) is 3.83. The van der Waals surface area contributed by atoms with Crippen LogP contribution in [0, 0.1) is 27.7 Å². The molecule has 2 N–H and O–H groups in total. The van der Waals surface area contributed by atoms with Crippen LogP contribution in [0.15, 0.2) is 97.8 Å². The average molecular weight is 747 g/mol. The molecule has 0 atom stereocenters. The van der Waals surface area contributed by atoms with Crippen molar-refractivity contribution in [2.24, 2.45) is 0 Å². The van der Waals surface area contributed by atoms with E-state index in [4.69, 9.17) is 8.83 Å². The van der Waals surface area contributed by atoms with Crippen molar-refractivity contribution in [3.05, 3.63) is 134 Å². The fraction of sp³-hybridized carbons (Fsp3) is 0.273. The Bertz CT molecular complexity index is 2960. The number of nitrogens with zero attached hydrogens (tertiary/aromatic N) is 6. The normalized spacial score (nSPS) is 15.0. The second-order valence-corrected chi connectivity index (χ2v) is 14.8. The van der Waals surface area contributed by atoms with Gasteiger partial charge in [0.25, 0.3) is 0 Å². The summed E-state index contributed by atoms with van der Waals surface area (Å²) in [6.45, 7) is 11.6. The number of aryl methyl sites for hydroxylation is 4. The van der Waals surface area contributed by atoms with E-state index in [1.54, 1.807) is 0 Å². The van der Waals surface area contributed by atoms with Crippen LogP contribution >= 0.6 is 0 Å². The van der Waals surface area contributed by atoms with E-state index >= 15 is 0 Å². The molecule has 2 aliphatic rings. The molecule has 10 rings (SSSR count). The summed E-state index contributed by atoms with van der Waals surface area (Å²) < 4.78 is 15.2. The number of aromatic nitrogens is 6. The van der Waals surface area contributed by atoms with Crippen molar-refractivity contribution in [1.82, 2.24) is 39.4 Å². The molecule has 6 aromatic heterocycles. The minimum atomic E-state index is -0.380. The highest BCUT2D eigenvalue weighted by atomic mass is 16.4. The van der Waals surface area contributed by atoms with Gasteiger partial charge in [-0.2, -0.15) is 0 Å². The highest BCUT2D eigenvalue weighted by molar-refractivity contribution is 5.85. The zero-order valence-corrected chi connectivity index (χ0v) is 31.8. The van der Waals surface area contributed by atoms with Crippen LogP contribution in [-0.4, -0.2) is 54.9 Å². The first-order chi connectivity index (χ1) is 27.2. The van der Waals surface area contributed by atoms with E-state index in [1.165, 1.54) is 11.1 Å². The smallest absolute Gasteiger partial charge is 0.345 e. The Hall–Kier alpha value is -6.24. The maximum absolute atomic E-state index is 12.7. The third-order valence-electron chi connectivity index (χ3n) is 10.7. The summed E-state index contributed by atoms with van der Waals surface area (Å²) in [5.41, 5.74) is 11.2. The van der Waals surface area contributed by atoms with Crippen LogP contribution in [0.4, 0.5) is 0 Å². The molecule has 0 unspecified atom stereocenters. The van der Waals surface area contributed by atoms with E-state index in [1.807, 2.05) is 97.7 Å². The molecule has 8 aromatic rings. The first-order valence-electron chi connectivity index (χ1n) is 19.1. The lowest BCUT2D eigenvalue weighted by Crippen LogP contribution is -2.26. The number of piperidine rings is 1. The van der Waals surface area contributed by atoms with E-state index in [9.17, 15) is 9.59 Å². The summed E-state index contributed by atoms with van der Waals surface area (Å²) >= 11 is 0. The summed E-state index contributed by atoms with van der Waals surface area (Å²) in [6.07, 6.45) is 12.9. The maximum atomic E-state index is 12.7. The van der Waals surface area contributed by atoms with Crippen LogP contribution in [0.5, 0.6) is 0 Å². The molecule has 12 nitrogen and oxygen atoms in total. The van der Waals surface area contributed by atoms with Crippen LogP contribution < -0.4 is 21.9 Å². The van der Waals surface area contributed by atoms with E-state index < -0.39 is 0 Å². The van der Waals surface area contributed by atoms with Gasteiger partial charge in [-0.05, 0) is 113 Å². The van der Waals surface area contributed by atoms with E-state index in [0.29, 0.717) is 39.6 Å². The lowest BCUT2D eigenvalue weighted by Gasteiger charge is -2.23. The Kier molecular flexibility index (Phi) is 9.14. The SMILES string of the molecule is Cc1cn2cc(-c3cc4ccc(C5=CCNCC5)cc4oc3=O)nc2c(C)n1.Cc1cn2cc(-c3cc4ccc(C5CCNCC5)cc4oc3=O)nc2c(C)n1. The lowest BCUT2D eigenvalue weighted by atomic mass is 9.90. The van der Waals surface area contributed by atoms with Crippen molar-refractivity contribution in [1.29, 1.82) is 0 Å². The first-order valence-corrected chi connectivity index (χ1v) is 19.1. The molecular formula is C44H42N8O4. The topological polar surface area (TPSA) is 145 Å². The third-order valence-corrected chi connectivity index (χ3v) is 10.7. The molecule has 0 saturated carbocycles. The quantitative estimate of drug-likeness (QED) is 0.179. The number of imidazole rings is 2. The summed E-state index contributed by atoms with van der Waals surface area (Å²) in [7, 11) is 0. The number of fused-ring (bicyclic) bond motifs is 4. The number of rotatable bonds is 4. The van der Waals surface area contributed by atoms with Crippen molar-refractivity contribution in [3.8, 4) is 22.5 Å². The molecule has 1 saturated heterocycles. The van der Waals surface area contributed by atoms with Gasteiger partial charge in [0, 0.05) is 42.1 Å². The molecule has 1 fully saturated rings. The standard InChI is InChI=1S/C22H22N4O2.C22H20N4O2/c2*1-13-11-26-12-19(25-21(26)14(2)24-13)18-9-17-4-3-16(10-20(17)28-22(18)27)15-5-7-23-8-6-15/h3-4,9-12,15,23H,5-8H2,1-2H3;3-5,9-12,23H,6-8H2,1-2H3. The minimum Gasteiger partial charge on any atom is -0.422 e. The van der Waals surface area contributed by atoms with Gasteiger partial charge in [-0.1, -0.05) is 30.3 Å². The van der Waals surface area contributed by atoms with Gasteiger partial charge in [0.15, 0.2) is 11.3 Å². The van der Waals surface area contributed by atoms with Gasteiger partial charge >= 0.3 is 11.3 Å². The Balaban J connectivity index is 0.000000146. The highest BCUT2D eigenvalue weighted by Gasteiger charge is 2.19. The highest BCUT2D eigenvalue weighted by Crippen LogP contribution is 2.30. The number of hydrogen-bond donors (Lipinski definition) is 2. The van der Waals surface area contributed by atoms with Crippen molar-refractivity contribution in [2.45, 2.75) is 52.9 Å². The fourth-order valence-corrected chi connectivity index (χ4v) is 7.96. The van der Waals surface area contributed by atoms with Gasteiger partial charge in [0.05, 0.1) is 45.3 Å². The number of hydrogen-bond acceptors (Lipinski definition) is 10. The molecule has 2 aliphatic heterocycles. The van der Waals surface area contributed by atoms with Crippen LogP contribution in [-0.2, 0) is 0 Å². The van der Waals surface area contributed by atoms with Crippen molar-refractivity contribution < 1.29 is 8.83 Å². The largest absolute Gasteiger partial charge is 0.422 e. The van der Waals surface area contributed by atoms with Crippen LogP contribution in [0.25, 0.3) is 61.3 Å². The third kappa shape index (κ3) is 6.82. The second kappa shape index (κ2) is 14.4.